The molecule has 1 heterocycles. The first-order valence-electron chi connectivity index (χ1n) is 8.08. The largest absolute Gasteiger partial charge is 0.323 e. The molecule has 0 aliphatic heterocycles. The minimum Gasteiger partial charge on any atom is -0.323 e. The molecule has 132 valence electrons. The lowest BCUT2D eigenvalue weighted by molar-refractivity contribution is 0.100. The standard InChI is InChI=1S/C20H15N5O2/c1-13(26)14-6-4-7-16(11-14)23-19(27)18-9-10-22-20(25-18)24-17-8-3-2-5-15(17)12-21/h2-11H,1H3,(H,23,27)(H,22,24,25). The van der Waals surface area contributed by atoms with Crippen LogP contribution >= 0.6 is 0 Å². The first-order valence-corrected chi connectivity index (χ1v) is 8.08. The number of rotatable bonds is 5. The molecule has 0 radical (unpaired) electrons. The van der Waals surface area contributed by atoms with Gasteiger partial charge in [-0.3, -0.25) is 9.59 Å². The fourth-order valence-electron chi connectivity index (χ4n) is 2.37. The van der Waals surface area contributed by atoms with E-state index in [0.29, 0.717) is 22.5 Å². The average molecular weight is 357 g/mol. The Balaban J connectivity index is 1.79. The molecule has 0 spiro atoms. The van der Waals surface area contributed by atoms with Crippen molar-refractivity contribution < 1.29 is 9.59 Å². The van der Waals surface area contributed by atoms with Crippen molar-refractivity contribution in [1.29, 1.82) is 5.26 Å². The molecule has 2 aromatic carbocycles. The Morgan fingerprint density at radius 2 is 1.89 bits per heavy atom. The van der Waals surface area contributed by atoms with Gasteiger partial charge in [0.15, 0.2) is 5.78 Å². The summed E-state index contributed by atoms with van der Waals surface area (Å²) in [7, 11) is 0. The summed E-state index contributed by atoms with van der Waals surface area (Å²) >= 11 is 0. The number of nitriles is 1. The van der Waals surface area contributed by atoms with Crippen LogP contribution in [0.15, 0.2) is 60.8 Å². The lowest BCUT2D eigenvalue weighted by Gasteiger charge is -2.09. The van der Waals surface area contributed by atoms with Gasteiger partial charge in [0.1, 0.15) is 11.8 Å². The van der Waals surface area contributed by atoms with Crippen LogP contribution in [0.4, 0.5) is 17.3 Å². The van der Waals surface area contributed by atoms with E-state index < -0.39 is 5.91 Å². The lowest BCUT2D eigenvalue weighted by atomic mass is 10.1. The quantitative estimate of drug-likeness (QED) is 0.676. The fourth-order valence-corrected chi connectivity index (χ4v) is 2.37. The minimum atomic E-state index is -0.435. The number of carbonyl (C=O) groups is 2. The molecule has 0 bridgehead atoms. The van der Waals surface area contributed by atoms with Gasteiger partial charge in [0.2, 0.25) is 5.95 Å². The Morgan fingerprint density at radius 3 is 2.67 bits per heavy atom. The molecule has 0 unspecified atom stereocenters. The molecular formula is C20H15N5O2. The number of para-hydroxylation sites is 1. The van der Waals surface area contributed by atoms with Gasteiger partial charge in [0.05, 0.1) is 11.3 Å². The highest BCUT2D eigenvalue weighted by Gasteiger charge is 2.11. The molecule has 1 amide bonds. The van der Waals surface area contributed by atoms with Gasteiger partial charge in [-0.15, -0.1) is 0 Å². The van der Waals surface area contributed by atoms with Crippen molar-refractivity contribution in [2.75, 3.05) is 10.6 Å². The molecular weight excluding hydrogens is 342 g/mol. The van der Waals surface area contributed by atoms with E-state index in [4.69, 9.17) is 5.26 Å². The fraction of sp³-hybridized carbons (Fsp3) is 0.0500. The number of anilines is 3. The molecule has 0 atom stereocenters. The summed E-state index contributed by atoms with van der Waals surface area (Å²) in [5.41, 5.74) is 2.14. The Labute approximate surface area is 155 Å². The smallest absolute Gasteiger partial charge is 0.274 e. The molecule has 0 saturated carbocycles. The predicted octanol–water partition coefficient (Wildman–Crippen LogP) is 3.55. The number of Topliss-reactive ketones (excluding diaryl/α,β-unsaturated/α-hetero) is 1. The zero-order valence-electron chi connectivity index (χ0n) is 14.4. The molecule has 0 aliphatic rings. The van der Waals surface area contributed by atoms with Crippen LogP contribution in [0.3, 0.4) is 0 Å². The molecule has 7 nitrogen and oxygen atoms in total. The SMILES string of the molecule is CC(=O)c1cccc(NC(=O)c2ccnc(Nc3ccccc3C#N)n2)c1. The summed E-state index contributed by atoms with van der Waals surface area (Å²) in [5, 5.41) is 14.8. The predicted molar refractivity (Wildman–Crippen MR) is 101 cm³/mol. The highest BCUT2D eigenvalue weighted by molar-refractivity contribution is 6.04. The van der Waals surface area contributed by atoms with Crippen molar-refractivity contribution in [3.63, 3.8) is 0 Å². The number of amides is 1. The lowest BCUT2D eigenvalue weighted by Crippen LogP contribution is -2.15. The molecule has 3 aromatic rings. The number of aromatic nitrogens is 2. The maximum atomic E-state index is 12.5. The average Bonchev–Trinajstić information content (AvgIpc) is 2.69. The monoisotopic (exact) mass is 357 g/mol. The van der Waals surface area contributed by atoms with Crippen LogP contribution in [0, 0.1) is 11.3 Å². The molecule has 0 fully saturated rings. The van der Waals surface area contributed by atoms with E-state index in [0.717, 1.165) is 0 Å². The second-order valence-electron chi connectivity index (χ2n) is 5.64. The van der Waals surface area contributed by atoms with Gasteiger partial charge >= 0.3 is 0 Å². The second-order valence-corrected chi connectivity index (χ2v) is 5.64. The third-order valence-corrected chi connectivity index (χ3v) is 3.71. The number of ketones is 1. The van der Waals surface area contributed by atoms with E-state index >= 15 is 0 Å². The Kier molecular flexibility index (Phi) is 5.19. The Morgan fingerprint density at radius 1 is 1.07 bits per heavy atom. The van der Waals surface area contributed by atoms with Crippen molar-refractivity contribution in [1.82, 2.24) is 9.97 Å². The van der Waals surface area contributed by atoms with E-state index in [1.165, 1.54) is 19.2 Å². The highest BCUT2D eigenvalue weighted by Crippen LogP contribution is 2.18. The van der Waals surface area contributed by atoms with Crippen molar-refractivity contribution >= 4 is 29.0 Å². The van der Waals surface area contributed by atoms with Gasteiger partial charge in [-0.1, -0.05) is 24.3 Å². The molecule has 2 N–H and O–H groups in total. The first-order chi connectivity index (χ1) is 13.1. The summed E-state index contributed by atoms with van der Waals surface area (Å²) in [6.45, 7) is 1.46. The molecule has 1 aromatic heterocycles. The van der Waals surface area contributed by atoms with Gasteiger partial charge in [-0.05, 0) is 37.3 Å². The summed E-state index contributed by atoms with van der Waals surface area (Å²) in [5.74, 6) is -0.326. The topological polar surface area (TPSA) is 108 Å². The number of hydrogen-bond acceptors (Lipinski definition) is 6. The molecule has 0 aliphatic carbocycles. The molecule has 0 saturated heterocycles. The number of hydrogen-bond donors (Lipinski definition) is 2. The second kappa shape index (κ2) is 7.89. The zero-order valence-corrected chi connectivity index (χ0v) is 14.4. The number of nitrogens with zero attached hydrogens (tertiary/aromatic N) is 3. The van der Waals surface area contributed by atoms with Crippen LogP contribution in [0.2, 0.25) is 0 Å². The number of carbonyl (C=O) groups excluding carboxylic acids is 2. The van der Waals surface area contributed by atoms with Crippen molar-refractivity contribution in [2.24, 2.45) is 0 Å². The van der Waals surface area contributed by atoms with Crippen LogP contribution in [0.25, 0.3) is 0 Å². The van der Waals surface area contributed by atoms with Crippen LogP contribution in [0.5, 0.6) is 0 Å². The van der Waals surface area contributed by atoms with Crippen LogP contribution in [-0.4, -0.2) is 21.7 Å². The maximum Gasteiger partial charge on any atom is 0.274 e. The van der Waals surface area contributed by atoms with Gasteiger partial charge < -0.3 is 10.6 Å². The van der Waals surface area contributed by atoms with Gasteiger partial charge in [0.25, 0.3) is 5.91 Å². The third kappa shape index (κ3) is 4.32. The summed E-state index contributed by atoms with van der Waals surface area (Å²) in [6, 6.07) is 17.1. The summed E-state index contributed by atoms with van der Waals surface area (Å²) in [4.78, 5) is 32.2. The number of nitrogens with one attached hydrogen (secondary N) is 2. The van der Waals surface area contributed by atoms with Crippen LogP contribution in [0.1, 0.15) is 33.3 Å². The molecule has 3 rings (SSSR count). The molecule has 27 heavy (non-hydrogen) atoms. The summed E-state index contributed by atoms with van der Waals surface area (Å²) < 4.78 is 0. The van der Waals surface area contributed by atoms with E-state index in [2.05, 4.69) is 26.7 Å². The van der Waals surface area contributed by atoms with Crippen LogP contribution in [-0.2, 0) is 0 Å². The van der Waals surface area contributed by atoms with Gasteiger partial charge in [-0.2, -0.15) is 5.26 Å². The van der Waals surface area contributed by atoms with E-state index in [-0.39, 0.29) is 17.4 Å². The number of benzene rings is 2. The van der Waals surface area contributed by atoms with E-state index in [1.54, 1.807) is 48.5 Å². The zero-order chi connectivity index (χ0) is 19.2. The third-order valence-electron chi connectivity index (χ3n) is 3.71. The summed E-state index contributed by atoms with van der Waals surface area (Å²) in [6.07, 6.45) is 1.45. The van der Waals surface area contributed by atoms with Crippen LogP contribution < -0.4 is 10.6 Å². The van der Waals surface area contributed by atoms with Crippen molar-refractivity contribution in [3.05, 3.63) is 77.6 Å². The minimum absolute atomic E-state index is 0.0872. The normalized spacial score (nSPS) is 9.93. The Bertz CT molecular complexity index is 1060. The van der Waals surface area contributed by atoms with Crippen molar-refractivity contribution in [2.45, 2.75) is 6.92 Å². The first kappa shape index (κ1) is 17.8. The van der Waals surface area contributed by atoms with E-state index in [9.17, 15) is 9.59 Å². The Hall–Kier alpha value is -4.05. The maximum absolute atomic E-state index is 12.5. The molecule has 7 heteroatoms. The highest BCUT2D eigenvalue weighted by atomic mass is 16.2. The van der Waals surface area contributed by atoms with E-state index in [1.807, 2.05) is 0 Å². The van der Waals surface area contributed by atoms with Gasteiger partial charge in [0, 0.05) is 17.4 Å². The van der Waals surface area contributed by atoms with Gasteiger partial charge in [-0.25, -0.2) is 9.97 Å². The van der Waals surface area contributed by atoms with Crippen molar-refractivity contribution in [3.8, 4) is 6.07 Å².